The molecule has 1 heterocycles. The predicted molar refractivity (Wildman–Crippen MR) is 131 cm³/mol. The number of nitro benzene ring substituents is 1. The Morgan fingerprint density at radius 1 is 1.06 bits per heavy atom. The molecule has 0 aliphatic heterocycles. The van der Waals surface area contributed by atoms with Crippen LogP contribution in [0.5, 0.6) is 11.5 Å². The molecule has 186 valence electrons. The Labute approximate surface area is 206 Å². The Hall–Kier alpha value is -4.67. The summed E-state index contributed by atoms with van der Waals surface area (Å²) in [7, 11) is 3.03. The molecule has 4 rings (SSSR count). The SMILES string of the molecule is COc1ccc(NC(=O)c2oc3c(c2C)/C(=N/NC(=O)c2ccc([N+](=O)[O-])cc2)CCC3)c(OC)c1. The molecule has 1 aromatic heterocycles. The number of benzene rings is 2. The van der Waals surface area contributed by atoms with Crippen LogP contribution in [0.4, 0.5) is 11.4 Å². The van der Waals surface area contributed by atoms with Crippen molar-refractivity contribution in [1.82, 2.24) is 5.43 Å². The first-order chi connectivity index (χ1) is 17.3. The summed E-state index contributed by atoms with van der Waals surface area (Å²) < 4.78 is 16.4. The van der Waals surface area contributed by atoms with E-state index in [9.17, 15) is 19.7 Å². The van der Waals surface area contributed by atoms with Crippen LogP contribution in [0.25, 0.3) is 0 Å². The number of hydrogen-bond acceptors (Lipinski definition) is 8. The molecule has 1 aliphatic carbocycles. The van der Waals surface area contributed by atoms with Gasteiger partial charge in [0.05, 0.1) is 30.5 Å². The van der Waals surface area contributed by atoms with Gasteiger partial charge in [0.25, 0.3) is 17.5 Å². The first-order valence-corrected chi connectivity index (χ1v) is 11.1. The smallest absolute Gasteiger partial charge is 0.291 e. The summed E-state index contributed by atoms with van der Waals surface area (Å²) in [6.07, 6.45) is 1.95. The molecule has 0 radical (unpaired) electrons. The molecule has 0 atom stereocenters. The van der Waals surface area contributed by atoms with Crippen molar-refractivity contribution in [3.8, 4) is 11.5 Å². The molecule has 2 aromatic carbocycles. The minimum Gasteiger partial charge on any atom is -0.497 e. The van der Waals surface area contributed by atoms with E-state index in [1.165, 1.54) is 38.5 Å². The number of carbonyl (C=O) groups is 2. The van der Waals surface area contributed by atoms with E-state index in [1.807, 2.05) is 0 Å². The third kappa shape index (κ3) is 4.90. The van der Waals surface area contributed by atoms with Gasteiger partial charge < -0.3 is 19.2 Å². The number of nitrogens with zero attached hydrogens (tertiary/aromatic N) is 2. The third-order valence-corrected chi connectivity index (χ3v) is 5.82. The van der Waals surface area contributed by atoms with Crippen LogP contribution < -0.4 is 20.2 Å². The molecule has 0 unspecified atom stereocenters. The molecule has 2 amide bonds. The average molecular weight is 492 g/mol. The number of nitro groups is 1. The molecule has 36 heavy (non-hydrogen) atoms. The number of methoxy groups -OCH3 is 2. The summed E-state index contributed by atoms with van der Waals surface area (Å²) in [6, 6.07) is 10.3. The highest BCUT2D eigenvalue weighted by Gasteiger charge is 2.28. The Kier molecular flexibility index (Phi) is 7.00. The van der Waals surface area contributed by atoms with Gasteiger partial charge in [0, 0.05) is 41.3 Å². The maximum absolute atomic E-state index is 13.1. The molecular formula is C25H24N4O7. The Morgan fingerprint density at radius 3 is 2.47 bits per heavy atom. The fourth-order valence-corrected chi connectivity index (χ4v) is 3.99. The zero-order chi connectivity index (χ0) is 25.8. The lowest BCUT2D eigenvalue weighted by molar-refractivity contribution is -0.384. The largest absolute Gasteiger partial charge is 0.497 e. The van der Waals surface area contributed by atoms with Gasteiger partial charge in [-0.3, -0.25) is 19.7 Å². The van der Waals surface area contributed by atoms with Gasteiger partial charge in [-0.1, -0.05) is 0 Å². The number of non-ortho nitro benzene ring substituents is 1. The summed E-state index contributed by atoms with van der Waals surface area (Å²) in [5.41, 5.74) is 4.98. The zero-order valence-electron chi connectivity index (χ0n) is 19.9. The van der Waals surface area contributed by atoms with Crippen molar-refractivity contribution in [1.29, 1.82) is 0 Å². The van der Waals surface area contributed by atoms with E-state index in [1.54, 1.807) is 25.1 Å². The fraction of sp³-hybridized carbons (Fsp3) is 0.240. The number of nitrogens with one attached hydrogen (secondary N) is 2. The van der Waals surface area contributed by atoms with Crippen molar-refractivity contribution in [2.24, 2.45) is 5.10 Å². The number of amides is 2. The fourth-order valence-electron chi connectivity index (χ4n) is 3.99. The number of furan rings is 1. The van der Waals surface area contributed by atoms with E-state index < -0.39 is 16.7 Å². The number of ether oxygens (including phenoxy) is 2. The van der Waals surface area contributed by atoms with Gasteiger partial charge in [-0.2, -0.15) is 5.10 Å². The second-order valence-corrected chi connectivity index (χ2v) is 8.03. The van der Waals surface area contributed by atoms with Gasteiger partial charge in [-0.15, -0.1) is 0 Å². The van der Waals surface area contributed by atoms with E-state index in [0.29, 0.717) is 52.6 Å². The zero-order valence-corrected chi connectivity index (χ0v) is 19.9. The van der Waals surface area contributed by atoms with Crippen LogP contribution in [0.2, 0.25) is 0 Å². The van der Waals surface area contributed by atoms with Crippen LogP contribution in [0.1, 0.15) is 50.6 Å². The lowest BCUT2D eigenvalue weighted by Gasteiger charge is -2.13. The normalized spacial score (nSPS) is 13.6. The van der Waals surface area contributed by atoms with Crippen molar-refractivity contribution in [2.75, 3.05) is 19.5 Å². The highest BCUT2D eigenvalue weighted by Crippen LogP contribution is 2.32. The summed E-state index contributed by atoms with van der Waals surface area (Å²) >= 11 is 0. The maximum atomic E-state index is 13.1. The van der Waals surface area contributed by atoms with Gasteiger partial charge in [0.2, 0.25) is 0 Å². The number of fused-ring (bicyclic) bond motifs is 1. The number of anilines is 1. The molecule has 3 aromatic rings. The summed E-state index contributed by atoms with van der Waals surface area (Å²) in [6.45, 7) is 1.77. The summed E-state index contributed by atoms with van der Waals surface area (Å²) in [5, 5.41) is 17.9. The monoisotopic (exact) mass is 492 g/mol. The molecule has 0 bridgehead atoms. The second kappa shape index (κ2) is 10.3. The van der Waals surface area contributed by atoms with Crippen LogP contribution in [-0.2, 0) is 6.42 Å². The standard InChI is InChI=1S/C25H24N4O7/c1-14-22-19(27-28-24(30)15-7-9-16(10-8-15)29(32)33)5-4-6-20(22)36-23(14)25(31)26-18-12-11-17(34-2)13-21(18)35-3/h7-13H,4-6H2,1-3H3,(H,26,31)(H,28,30)/b27-19+. The molecule has 1 aliphatic rings. The van der Waals surface area contributed by atoms with E-state index >= 15 is 0 Å². The lowest BCUT2D eigenvalue weighted by atomic mass is 9.93. The topological polar surface area (TPSA) is 145 Å². The van der Waals surface area contributed by atoms with E-state index in [0.717, 1.165) is 6.42 Å². The highest BCUT2D eigenvalue weighted by atomic mass is 16.6. The molecule has 0 spiro atoms. The minimum absolute atomic E-state index is 0.109. The van der Waals surface area contributed by atoms with Crippen LogP contribution in [0, 0.1) is 17.0 Å². The van der Waals surface area contributed by atoms with Crippen molar-refractivity contribution in [2.45, 2.75) is 26.2 Å². The van der Waals surface area contributed by atoms with Gasteiger partial charge in [-0.05, 0) is 44.0 Å². The third-order valence-electron chi connectivity index (χ3n) is 5.82. The van der Waals surface area contributed by atoms with E-state index in [4.69, 9.17) is 13.9 Å². The number of hydrazone groups is 1. The molecule has 0 saturated heterocycles. The lowest BCUT2D eigenvalue weighted by Crippen LogP contribution is -2.22. The summed E-state index contributed by atoms with van der Waals surface area (Å²) in [5.74, 6) is 0.844. The molecular weight excluding hydrogens is 468 g/mol. The van der Waals surface area contributed by atoms with Crippen LogP contribution in [0.15, 0.2) is 52.0 Å². The first kappa shape index (κ1) is 24.5. The molecule has 0 fully saturated rings. The molecule has 11 heteroatoms. The quantitative estimate of drug-likeness (QED) is 0.371. The minimum atomic E-state index is -0.536. The molecule has 11 nitrogen and oxygen atoms in total. The predicted octanol–water partition coefficient (Wildman–Crippen LogP) is 4.24. The van der Waals surface area contributed by atoms with Crippen molar-refractivity contribution < 1.29 is 28.4 Å². The van der Waals surface area contributed by atoms with Crippen LogP contribution >= 0.6 is 0 Å². The van der Waals surface area contributed by atoms with Crippen molar-refractivity contribution in [3.63, 3.8) is 0 Å². The average Bonchev–Trinajstić information content (AvgIpc) is 3.24. The molecule has 2 N–H and O–H groups in total. The summed E-state index contributed by atoms with van der Waals surface area (Å²) in [4.78, 5) is 35.8. The van der Waals surface area contributed by atoms with Gasteiger partial charge in [0.1, 0.15) is 17.3 Å². The first-order valence-electron chi connectivity index (χ1n) is 11.1. The number of rotatable bonds is 7. The van der Waals surface area contributed by atoms with Crippen LogP contribution in [-0.4, -0.2) is 36.7 Å². The van der Waals surface area contributed by atoms with Gasteiger partial charge in [0.15, 0.2) is 5.76 Å². The van der Waals surface area contributed by atoms with E-state index in [-0.39, 0.29) is 17.0 Å². The molecule has 0 saturated carbocycles. The highest BCUT2D eigenvalue weighted by molar-refractivity contribution is 6.10. The Balaban J connectivity index is 1.54. The van der Waals surface area contributed by atoms with Gasteiger partial charge in [-0.25, -0.2) is 5.43 Å². The maximum Gasteiger partial charge on any atom is 0.291 e. The van der Waals surface area contributed by atoms with Crippen LogP contribution in [0.3, 0.4) is 0 Å². The van der Waals surface area contributed by atoms with E-state index in [2.05, 4.69) is 15.8 Å². The Morgan fingerprint density at radius 2 is 1.81 bits per heavy atom. The van der Waals surface area contributed by atoms with Crippen molar-refractivity contribution >= 4 is 28.9 Å². The van der Waals surface area contributed by atoms with Crippen molar-refractivity contribution in [3.05, 3.63) is 80.8 Å². The second-order valence-electron chi connectivity index (χ2n) is 8.03. The van der Waals surface area contributed by atoms with Gasteiger partial charge >= 0.3 is 0 Å². The number of carbonyl (C=O) groups excluding carboxylic acids is 2. The number of hydrogen-bond donors (Lipinski definition) is 2. The Bertz CT molecular complexity index is 1360. The number of aryl methyl sites for hydroxylation is 1.